The lowest BCUT2D eigenvalue weighted by molar-refractivity contribution is -0.346. The number of H-pyrrole nitrogens is 2. The normalized spacial score (nSPS) is 18.9. The van der Waals surface area contributed by atoms with Gasteiger partial charge in [-0.1, -0.05) is 12.1 Å². The average molecular weight is 370 g/mol. The van der Waals surface area contributed by atoms with Crippen LogP contribution in [-0.4, -0.2) is 48.8 Å². The zero-order valence-electron chi connectivity index (χ0n) is 14.4. The molecule has 0 radical (unpaired) electrons. The molecular formula is C19H20N3O3S+. The van der Waals surface area contributed by atoms with E-state index in [0.717, 1.165) is 22.2 Å². The van der Waals surface area contributed by atoms with Gasteiger partial charge in [-0.15, -0.1) is 0 Å². The fourth-order valence-electron chi connectivity index (χ4n) is 3.41. The maximum atomic E-state index is 12.7. The largest absolute Gasteiger partial charge is 0.338 e. The van der Waals surface area contributed by atoms with Crippen LogP contribution in [0.5, 0.6) is 0 Å². The van der Waals surface area contributed by atoms with Gasteiger partial charge in [-0.05, 0) is 36.2 Å². The molecule has 1 fully saturated rings. The van der Waals surface area contributed by atoms with Crippen molar-refractivity contribution < 1.29 is 18.2 Å². The Bertz CT molecular complexity index is 1070. The van der Waals surface area contributed by atoms with Crippen molar-refractivity contribution in [1.29, 1.82) is 0 Å². The fourth-order valence-corrected chi connectivity index (χ4v) is 5.18. The second-order valence-corrected chi connectivity index (χ2v) is 8.98. The van der Waals surface area contributed by atoms with E-state index in [1.54, 1.807) is 24.1 Å². The van der Waals surface area contributed by atoms with E-state index in [1.807, 2.05) is 30.6 Å². The maximum Gasteiger partial charge on any atom is 0.284 e. The summed E-state index contributed by atoms with van der Waals surface area (Å²) in [5.41, 5.74) is 3.57. The zero-order valence-corrected chi connectivity index (χ0v) is 15.2. The van der Waals surface area contributed by atoms with Crippen LogP contribution in [0.25, 0.3) is 22.2 Å². The summed E-state index contributed by atoms with van der Waals surface area (Å²) in [5.74, 6) is 0.0675. The molecule has 2 N–H and O–H groups in total. The number of rotatable bonds is 3. The summed E-state index contributed by atoms with van der Waals surface area (Å²) in [7, 11) is -1.33. The Kier molecular flexibility index (Phi) is 4.03. The van der Waals surface area contributed by atoms with Crippen LogP contribution in [0.1, 0.15) is 16.8 Å². The molecule has 0 aliphatic carbocycles. The lowest BCUT2D eigenvalue weighted by Gasteiger charge is -2.23. The first-order chi connectivity index (χ1) is 12.4. The summed E-state index contributed by atoms with van der Waals surface area (Å²) in [5, 5.41) is 1.09. The molecule has 1 aliphatic heterocycles. The summed E-state index contributed by atoms with van der Waals surface area (Å²) < 4.78 is 23.3. The van der Waals surface area contributed by atoms with E-state index in [4.69, 9.17) is 0 Å². The topological polar surface area (TPSA) is 84.4 Å². The monoisotopic (exact) mass is 370 g/mol. The molecule has 0 saturated carbocycles. The van der Waals surface area contributed by atoms with Crippen molar-refractivity contribution in [2.45, 2.75) is 12.5 Å². The molecule has 1 amide bonds. The van der Waals surface area contributed by atoms with Crippen molar-refractivity contribution in [1.82, 2.24) is 9.88 Å². The molecular weight excluding hydrogens is 350 g/mol. The molecule has 1 aliphatic rings. The van der Waals surface area contributed by atoms with Crippen LogP contribution >= 0.6 is 0 Å². The Hall–Kier alpha value is -2.67. The van der Waals surface area contributed by atoms with Gasteiger partial charge in [0.15, 0.2) is 9.84 Å². The van der Waals surface area contributed by atoms with Gasteiger partial charge in [-0.25, -0.2) is 18.4 Å². The lowest BCUT2D eigenvalue weighted by Crippen LogP contribution is -2.37. The molecule has 4 rings (SSSR count). The molecule has 134 valence electrons. The minimum atomic E-state index is -3.01. The Balaban J connectivity index is 1.54. The number of amides is 1. The number of carbonyl (C=O) groups excluding carboxylic acids is 1. The number of pyridine rings is 1. The Labute approximate surface area is 151 Å². The van der Waals surface area contributed by atoms with Crippen LogP contribution in [0.2, 0.25) is 0 Å². The Morgan fingerprint density at radius 3 is 2.65 bits per heavy atom. The smallest absolute Gasteiger partial charge is 0.284 e. The van der Waals surface area contributed by atoms with Crippen molar-refractivity contribution in [3.05, 3.63) is 54.4 Å². The van der Waals surface area contributed by atoms with Gasteiger partial charge >= 0.3 is 0 Å². The molecule has 2 aromatic heterocycles. The van der Waals surface area contributed by atoms with Gasteiger partial charge in [0.1, 0.15) is 0 Å². The van der Waals surface area contributed by atoms with E-state index in [0.29, 0.717) is 12.0 Å². The second kappa shape index (κ2) is 6.25. The quantitative estimate of drug-likeness (QED) is 0.764. The summed E-state index contributed by atoms with van der Waals surface area (Å²) >= 11 is 0. The third-order valence-electron chi connectivity index (χ3n) is 5.00. The highest BCUT2D eigenvalue weighted by molar-refractivity contribution is 7.91. The molecule has 3 aromatic rings. The summed E-state index contributed by atoms with van der Waals surface area (Å²) in [6, 6.07) is 11.2. The zero-order chi connectivity index (χ0) is 18.3. The fraction of sp³-hybridized carbons (Fsp3) is 0.263. The highest BCUT2D eigenvalue weighted by Crippen LogP contribution is 2.23. The molecule has 0 spiro atoms. The van der Waals surface area contributed by atoms with Crippen LogP contribution in [-0.2, 0) is 9.84 Å². The SMILES string of the molecule is CN(C(=O)c1ccc(-c2c[nH+]c3[nH]ccc3c2)cc1)[C@@H]1CCS(=O)(=O)C1. The van der Waals surface area contributed by atoms with Crippen molar-refractivity contribution in [3.63, 3.8) is 0 Å². The van der Waals surface area contributed by atoms with E-state index in [2.05, 4.69) is 16.0 Å². The van der Waals surface area contributed by atoms with Crippen molar-refractivity contribution in [2.75, 3.05) is 18.6 Å². The molecule has 3 heterocycles. The molecule has 0 unspecified atom stereocenters. The number of aromatic amines is 2. The van der Waals surface area contributed by atoms with Gasteiger partial charge in [0.25, 0.3) is 11.6 Å². The Morgan fingerprint density at radius 2 is 1.96 bits per heavy atom. The van der Waals surface area contributed by atoms with Crippen molar-refractivity contribution >= 4 is 26.8 Å². The summed E-state index contributed by atoms with van der Waals surface area (Å²) in [6.07, 6.45) is 4.31. The number of hydrogen-bond acceptors (Lipinski definition) is 3. The molecule has 7 heteroatoms. The van der Waals surface area contributed by atoms with E-state index in [1.165, 1.54) is 0 Å². The number of hydrogen-bond donors (Lipinski definition) is 1. The number of sulfone groups is 1. The highest BCUT2D eigenvalue weighted by Gasteiger charge is 2.33. The molecule has 26 heavy (non-hydrogen) atoms. The van der Waals surface area contributed by atoms with E-state index >= 15 is 0 Å². The number of carbonyl (C=O) groups is 1. The van der Waals surface area contributed by atoms with E-state index in [9.17, 15) is 13.2 Å². The first-order valence-electron chi connectivity index (χ1n) is 8.50. The summed E-state index contributed by atoms with van der Waals surface area (Å²) in [4.78, 5) is 20.5. The van der Waals surface area contributed by atoms with Crippen LogP contribution in [0.4, 0.5) is 0 Å². The second-order valence-electron chi connectivity index (χ2n) is 6.75. The number of nitrogens with one attached hydrogen (secondary N) is 2. The van der Waals surface area contributed by atoms with Gasteiger partial charge in [-0.2, -0.15) is 0 Å². The molecule has 0 bridgehead atoms. The van der Waals surface area contributed by atoms with Crippen molar-refractivity contribution in [3.8, 4) is 11.1 Å². The highest BCUT2D eigenvalue weighted by atomic mass is 32.2. The van der Waals surface area contributed by atoms with Gasteiger partial charge in [0.05, 0.1) is 29.3 Å². The van der Waals surface area contributed by atoms with Crippen molar-refractivity contribution in [2.24, 2.45) is 0 Å². The number of benzene rings is 1. The van der Waals surface area contributed by atoms with E-state index < -0.39 is 9.84 Å². The Morgan fingerprint density at radius 1 is 1.19 bits per heavy atom. The van der Waals surface area contributed by atoms with Crippen LogP contribution < -0.4 is 4.98 Å². The third kappa shape index (κ3) is 3.10. The van der Waals surface area contributed by atoms with Crippen LogP contribution in [0, 0.1) is 0 Å². The van der Waals surface area contributed by atoms with Gasteiger partial charge < -0.3 is 4.90 Å². The van der Waals surface area contributed by atoms with Gasteiger partial charge in [-0.3, -0.25) is 4.79 Å². The molecule has 1 aromatic carbocycles. The van der Waals surface area contributed by atoms with Gasteiger partial charge in [0.2, 0.25) is 0 Å². The predicted molar refractivity (Wildman–Crippen MR) is 99.4 cm³/mol. The third-order valence-corrected chi connectivity index (χ3v) is 6.75. The number of nitrogens with zero attached hydrogens (tertiary/aromatic N) is 1. The lowest BCUT2D eigenvalue weighted by atomic mass is 10.0. The standard InChI is InChI=1S/C19H19N3O3S/c1-22(17-7-9-26(24,25)12-17)19(23)14-4-2-13(3-5-14)16-10-15-6-8-20-18(15)21-11-16/h2-6,8,10-11,17H,7,9,12H2,1H3,(H,20,21)/p+1/t17-/m1/s1. The molecule has 6 nitrogen and oxygen atoms in total. The molecule has 1 saturated heterocycles. The van der Waals surface area contributed by atoms with E-state index in [-0.39, 0.29) is 23.5 Å². The van der Waals surface area contributed by atoms with Gasteiger partial charge in [0, 0.05) is 24.2 Å². The summed E-state index contributed by atoms with van der Waals surface area (Å²) in [6.45, 7) is 0. The minimum absolute atomic E-state index is 0.0554. The first kappa shape index (κ1) is 16.8. The number of aromatic nitrogens is 2. The number of fused-ring (bicyclic) bond motifs is 1. The minimum Gasteiger partial charge on any atom is -0.338 e. The molecule has 1 atom stereocenters. The average Bonchev–Trinajstić information content (AvgIpc) is 3.25. The maximum absolute atomic E-state index is 12.7. The predicted octanol–water partition coefficient (Wildman–Crippen LogP) is 1.91. The first-order valence-corrected chi connectivity index (χ1v) is 10.3. The van der Waals surface area contributed by atoms with Crippen LogP contribution in [0.3, 0.4) is 0 Å². The van der Waals surface area contributed by atoms with Crippen LogP contribution in [0.15, 0.2) is 48.8 Å².